The maximum Gasteiger partial charge on any atom is 0.132 e. The standard InChI is InChI=1S/C13H24N4O/c1-10-12(9-18)13(17(4)14-10)16(3)11-5-7-15(2)8-6-11/h11,18H,5-9H2,1-4H3. The van der Waals surface area contributed by atoms with Gasteiger partial charge in [0.25, 0.3) is 0 Å². The van der Waals surface area contributed by atoms with E-state index in [-0.39, 0.29) is 6.61 Å². The summed E-state index contributed by atoms with van der Waals surface area (Å²) in [6, 6.07) is 0.543. The number of aromatic nitrogens is 2. The molecule has 0 aliphatic carbocycles. The van der Waals surface area contributed by atoms with Gasteiger partial charge < -0.3 is 14.9 Å². The highest BCUT2D eigenvalue weighted by Gasteiger charge is 2.25. The monoisotopic (exact) mass is 252 g/mol. The first-order valence-electron chi connectivity index (χ1n) is 6.59. The number of hydrogen-bond donors (Lipinski definition) is 1. The van der Waals surface area contributed by atoms with Gasteiger partial charge in [0.15, 0.2) is 0 Å². The molecule has 1 aromatic rings. The van der Waals surface area contributed by atoms with Crippen LogP contribution >= 0.6 is 0 Å². The number of piperidine rings is 1. The molecule has 0 saturated carbocycles. The van der Waals surface area contributed by atoms with Crippen LogP contribution in [-0.2, 0) is 13.7 Å². The van der Waals surface area contributed by atoms with Gasteiger partial charge in [-0.25, -0.2) is 0 Å². The van der Waals surface area contributed by atoms with Crippen LogP contribution in [0.2, 0.25) is 0 Å². The van der Waals surface area contributed by atoms with E-state index in [2.05, 4.69) is 29.0 Å². The molecule has 0 amide bonds. The van der Waals surface area contributed by atoms with Crippen molar-refractivity contribution in [3.8, 4) is 0 Å². The summed E-state index contributed by atoms with van der Waals surface area (Å²) in [5, 5.41) is 13.9. The molecule has 0 aromatic carbocycles. The zero-order chi connectivity index (χ0) is 13.3. The molecule has 1 saturated heterocycles. The lowest BCUT2D eigenvalue weighted by atomic mass is 10.0. The number of likely N-dealkylation sites (tertiary alicyclic amines) is 1. The molecule has 1 N–H and O–H groups in total. The third-order valence-electron chi connectivity index (χ3n) is 4.04. The van der Waals surface area contributed by atoms with Crippen molar-refractivity contribution in [3.63, 3.8) is 0 Å². The number of aliphatic hydroxyl groups is 1. The Morgan fingerprint density at radius 1 is 1.33 bits per heavy atom. The molecule has 2 heterocycles. The van der Waals surface area contributed by atoms with Gasteiger partial charge in [0, 0.05) is 25.7 Å². The fourth-order valence-electron chi connectivity index (χ4n) is 2.87. The van der Waals surface area contributed by atoms with Crippen molar-refractivity contribution in [2.45, 2.75) is 32.4 Å². The third-order valence-corrected chi connectivity index (χ3v) is 4.04. The Labute approximate surface area is 109 Å². The van der Waals surface area contributed by atoms with Crippen LogP contribution in [-0.4, -0.2) is 53.0 Å². The van der Waals surface area contributed by atoms with Crippen molar-refractivity contribution in [2.24, 2.45) is 7.05 Å². The maximum atomic E-state index is 9.51. The zero-order valence-corrected chi connectivity index (χ0v) is 11.8. The van der Waals surface area contributed by atoms with Gasteiger partial charge in [0.2, 0.25) is 0 Å². The highest BCUT2D eigenvalue weighted by molar-refractivity contribution is 5.50. The molecule has 0 bridgehead atoms. The number of rotatable bonds is 3. The molecule has 0 unspecified atom stereocenters. The van der Waals surface area contributed by atoms with E-state index in [4.69, 9.17) is 0 Å². The van der Waals surface area contributed by atoms with Crippen molar-refractivity contribution in [1.82, 2.24) is 14.7 Å². The van der Waals surface area contributed by atoms with E-state index in [1.165, 1.54) is 12.8 Å². The first-order valence-corrected chi connectivity index (χ1v) is 6.59. The molecule has 5 heteroatoms. The quantitative estimate of drug-likeness (QED) is 0.862. The Balaban J connectivity index is 2.20. The minimum absolute atomic E-state index is 0.0615. The van der Waals surface area contributed by atoms with Crippen LogP contribution in [0.25, 0.3) is 0 Å². The van der Waals surface area contributed by atoms with Gasteiger partial charge >= 0.3 is 0 Å². The largest absolute Gasteiger partial charge is 0.391 e. The molecule has 1 aromatic heterocycles. The molecule has 102 valence electrons. The molecule has 0 atom stereocenters. The molecule has 5 nitrogen and oxygen atoms in total. The van der Waals surface area contributed by atoms with E-state index in [1.54, 1.807) is 0 Å². The van der Waals surface area contributed by atoms with Gasteiger partial charge in [-0.3, -0.25) is 4.68 Å². The summed E-state index contributed by atoms with van der Waals surface area (Å²) in [5.74, 6) is 1.06. The van der Waals surface area contributed by atoms with E-state index in [9.17, 15) is 5.11 Å². The molecule has 1 fully saturated rings. The van der Waals surface area contributed by atoms with Crippen LogP contribution < -0.4 is 4.90 Å². The van der Waals surface area contributed by atoms with Gasteiger partial charge in [0.1, 0.15) is 5.82 Å². The SMILES string of the molecule is Cc1nn(C)c(N(C)C2CCN(C)CC2)c1CO. The number of aliphatic hydroxyl groups excluding tert-OH is 1. The highest BCUT2D eigenvalue weighted by atomic mass is 16.3. The summed E-state index contributed by atoms with van der Waals surface area (Å²) >= 11 is 0. The molecule has 0 spiro atoms. The van der Waals surface area contributed by atoms with E-state index >= 15 is 0 Å². The lowest BCUT2D eigenvalue weighted by Gasteiger charge is -2.36. The average Bonchev–Trinajstić information content (AvgIpc) is 2.63. The summed E-state index contributed by atoms with van der Waals surface area (Å²) in [7, 11) is 6.24. The summed E-state index contributed by atoms with van der Waals surface area (Å²) < 4.78 is 1.89. The Hall–Kier alpha value is -1.07. The second-order valence-corrected chi connectivity index (χ2v) is 5.31. The van der Waals surface area contributed by atoms with E-state index in [0.29, 0.717) is 6.04 Å². The van der Waals surface area contributed by atoms with Crippen molar-refractivity contribution in [2.75, 3.05) is 32.1 Å². The Morgan fingerprint density at radius 3 is 2.50 bits per heavy atom. The molecule has 18 heavy (non-hydrogen) atoms. The van der Waals surface area contributed by atoms with E-state index in [0.717, 1.165) is 30.2 Å². The Bertz CT molecular complexity index is 407. The molecular formula is C13H24N4O. The minimum atomic E-state index is 0.0615. The molecule has 1 aliphatic heterocycles. The van der Waals surface area contributed by atoms with Crippen molar-refractivity contribution < 1.29 is 5.11 Å². The van der Waals surface area contributed by atoms with E-state index in [1.807, 2.05) is 18.7 Å². The van der Waals surface area contributed by atoms with Gasteiger partial charge in [-0.05, 0) is 39.9 Å². The van der Waals surface area contributed by atoms with Crippen LogP contribution in [0.4, 0.5) is 5.82 Å². The first-order chi connectivity index (χ1) is 8.54. The van der Waals surface area contributed by atoms with Gasteiger partial charge in [-0.15, -0.1) is 0 Å². The van der Waals surface area contributed by atoms with Crippen molar-refractivity contribution in [1.29, 1.82) is 0 Å². The van der Waals surface area contributed by atoms with Crippen LogP contribution in [0.15, 0.2) is 0 Å². The van der Waals surface area contributed by atoms with Crippen LogP contribution in [0.5, 0.6) is 0 Å². The molecular weight excluding hydrogens is 228 g/mol. The van der Waals surface area contributed by atoms with Crippen molar-refractivity contribution in [3.05, 3.63) is 11.3 Å². The molecule has 1 aliphatic rings. The van der Waals surface area contributed by atoms with Gasteiger partial charge in [-0.2, -0.15) is 5.10 Å². The summed E-state index contributed by atoms with van der Waals surface area (Å²) in [6.07, 6.45) is 2.34. The topological polar surface area (TPSA) is 44.5 Å². The maximum absolute atomic E-state index is 9.51. The fourth-order valence-corrected chi connectivity index (χ4v) is 2.87. The lowest BCUT2D eigenvalue weighted by Crippen LogP contribution is -2.42. The Morgan fingerprint density at radius 2 is 1.94 bits per heavy atom. The summed E-state index contributed by atoms with van der Waals surface area (Å²) in [4.78, 5) is 4.66. The minimum Gasteiger partial charge on any atom is -0.391 e. The first kappa shape index (κ1) is 13.4. The van der Waals surface area contributed by atoms with E-state index < -0.39 is 0 Å². The number of anilines is 1. The molecule has 2 rings (SSSR count). The summed E-state index contributed by atoms with van der Waals surface area (Å²) in [6.45, 7) is 4.30. The number of hydrogen-bond acceptors (Lipinski definition) is 4. The second-order valence-electron chi connectivity index (χ2n) is 5.31. The van der Waals surface area contributed by atoms with Crippen molar-refractivity contribution >= 4 is 5.82 Å². The predicted molar refractivity (Wildman–Crippen MR) is 72.8 cm³/mol. The van der Waals surface area contributed by atoms with Gasteiger partial charge in [-0.1, -0.05) is 0 Å². The number of nitrogens with zero attached hydrogens (tertiary/aromatic N) is 4. The second kappa shape index (κ2) is 5.28. The van der Waals surface area contributed by atoms with Crippen LogP contribution in [0.3, 0.4) is 0 Å². The smallest absolute Gasteiger partial charge is 0.132 e. The number of aryl methyl sites for hydroxylation is 2. The normalized spacial score (nSPS) is 18.3. The van der Waals surface area contributed by atoms with Gasteiger partial charge in [0.05, 0.1) is 12.3 Å². The Kier molecular flexibility index (Phi) is 3.92. The zero-order valence-electron chi connectivity index (χ0n) is 11.8. The summed E-state index contributed by atoms with van der Waals surface area (Å²) in [5.41, 5.74) is 1.88. The third kappa shape index (κ3) is 2.37. The average molecular weight is 252 g/mol. The lowest BCUT2D eigenvalue weighted by molar-refractivity contribution is 0.250. The highest BCUT2D eigenvalue weighted by Crippen LogP contribution is 2.26. The van der Waals surface area contributed by atoms with Crippen LogP contribution in [0, 0.1) is 6.92 Å². The fraction of sp³-hybridized carbons (Fsp3) is 0.769. The van der Waals surface area contributed by atoms with Crippen LogP contribution in [0.1, 0.15) is 24.1 Å². The molecule has 0 radical (unpaired) electrons. The predicted octanol–water partition coefficient (Wildman–Crippen LogP) is 0.751.